The van der Waals surface area contributed by atoms with E-state index in [1.165, 1.54) is 6.07 Å². The Balaban J connectivity index is 2.58. The van der Waals surface area contributed by atoms with Crippen molar-refractivity contribution in [1.82, 2.24) is 0 Å². The zero-order valence-corrected chi connectivity index (χ0v) is 15.6. The Kier molecular flexibility index (Phi) is 5.99. The van der Waals surface area contributed by atoms with Crippen LogP contribution in [0.15, 0.2) is 39.7 Å². The largest absolute Gasteiger partial charge is 0.501 e. The van der Waals surface area contributed by atoms with Crippen LogP contribution in [0.5, 0.6) is 11.5 Å². The number of benzene rings is 2. The van der Waals surface area contributed by atoms with Crippen LogP contribution in [0.4, 0.5) is 17.6 Å². The summed E-state index contributed by atoms with van der Waals surface area (Å²) < 4.78 is 80.4. The number of alkyl halides is 3. The van der Waals surface area contributed by atoms with E-state index in [1.807, 2.05) is 0 Å². The number of rotatable bonds is 5. The summed E-state index contributed by atoms with van der Waals surface area (Å²) in [7, 11) is -5.68. The third-order valence-electron chi connectivity index (χ3n) is 3.11. The first-order valence-electron chi connectivity index (χ1n) is 6.67. The van der Waals surface area contributed by atoms with Gasteiger partial charge in [0.15, 0.2) is 0 Å². The van der Waals surface area contributed by atoms with Gasteiger partial charge in [0.2, 0.25) is 0 Å². The second-order valence-corrected chi connectivity index (χ2v) is 8.02. The third-order valence-corrected chi connectivity index (χ3v) is 5.77. The minimum absolute atomic E-state index is 0.0144. The number of carbonyl (C=O) groups is 1. The molecule has 0 saturated heterocycles. The third kappa shape index (κ3) is 4.18. The van der Waals surface area contributed by atoms with E-state index in [4.69, 9.17) is 16.3 Å². The lowest BCUT2D eigenvalue weighted by Gasteiger charge is -2.16. The molecular formula is C15H8BrClF4O4S. The maximum absolute atomic E-state index is 13.4. The molecule has 0 bridgehead atoms. The van der Waals surface area contributed by atoms with Crippen molar-refractivity contribution >= 4 is 43.7 Å². The Labute approximate surface area is 158 Å². The molecule has 0 radical (unpaired) electrons. The standard InChI is InChI=1S/C15H8BrClF4O4S/c16-14-11(3-4-22)13(26(23,24)15(19,20)21)2-1-12(14)25-10-6-8(17)5-9(18)7-10/h1-2,4-7H,3H2. The molecule has 0 amide bonds. The lowest BCUT2D eigenvalue weighted by molar-refractivity contribution is -0.107. The second kappa shape index (κ2) is 7.53. The van der Waals surface area contributed by atoms with E-state index < -0.39 is 38.0 Å². The Morgan fingerprint density at radius 1 is 1.19 bits per heavy atom. The van der Waals surface area contributed by atoms with Gasteiger partial charge >= 0.3 is 5.51 Å². The zero-order chi connectivity index (χ0) is 19.7. The zero-order valence-electron chi connectivity index (χ0n) is 12.5. The maximum atomic E-state index is 13.4. The van der Waals surface area contributed by atoms with Crippen LogP contribution in [0.1, 0.15) is 5.56 Å². The fourth-order valence-electron chi connectivity index (χ4n) is 2.03. The van der Waals surface area contributed by atoms with Gasteiger partial charge in [-0.2, -0.15) is 13.2 Å². The van der Waals surface area contributed by atoms with Crippen LogP contribution in [-0.2, 0) is 21.1 Å². The molecule has 140 valence electrons. The van der Waals surface area contributed by atoms with E-state index in [2.05, 4.69) is 15.9 Å². The predicted molar refractivity (Wildman–Crippen MR) is 88.6 cm³/mol. The van der Waals surface area contributed by atoms with Gasteiger partial charge in [0, 0.05) is 17.5 Å². The summed E-state index contributed by atoms with van der Waals surface area (Å²) in [6, 6.07) is 4.85. The van der Waals surface area contributed by atoms with Crippen LogP contribution in [0.3, 0.4) is 0 Å². The highest BCUT2D eigenvalue weighted by Crippen LogP contribution is 2.40. The molecule has 0 atom stereocenters. The van der Waals surface area contributed by atoms with Crippen molar-refractivity contribution in [3.8, 4) is 11.5 Å². The molecule has 2 rings (SSSR count). The SMILES string of the molecule is O=CCc1c(S(=O)(=O)C(F)(F)F)ccc(Oc2cc(F)cc(Cl)c2)c1Br. The first-order chi connectivity index (χ1) is 12.0. The molecule has 0 saturated carbocycles. The van der Waals surface area contributed by atoms with Crippen molar-refractivity contribution < 1.29 is 35.5 Å². The van der Waals surface area contributed by atoms with E-state index in [0.29, 0.717) is 6.07 Å². The van der Waals surface area contributed by atoms with E-state index in [9.17, 15) is 30.8 Å². The van der Waals surface area contributed by atoms with Crippen molar-refractivity contribution in [3.05, 3.63) is 51.2 Å². The average Bonchev–Trinajstić information content (AvgIpc) is 2.49. The summed E-state index contributed by atoms with van der Waals surface area (Å²) in [5, 5.41) is 0.0144. The molecule has 0 N–H and O–H groups in total. The van der Waals surface area contributed by atoms with Crippen molar-refractivity contribution in [2.45, 2.75) is 16.8 Å². The van der Waals surface area contributed by atoms with E-state index in [1.54, 1.807) is 0 Å². The Hall–Kier alpha value is -1.65. The maximum Gasteiger partial charge on any atom is 0.501 e. The fourth-order valence-corrected chi connectivity index (χ4v) is 3.96. The summed E-state index contributed by atoms with van der Waals surface area (Å²) in [5.74, 6) is -0.906. The molecule has 0 heterocycles. The number of hydrogen-bond donors (Lipinski definition) is 0. The summed E-state index contributed by atoms with van der Waals surface area (Å²) >= 11 is 8.63. The molecule has 0 unspecified atom stereocenters. The van der Waals surface area contributed by atoms with Gasteiger partial charge in [-0.3, -0.25) is 0 Å². The van der Waals surface area contributed by atoms with Crippen molar-refractivity contribution in [1.29, 1.82) is 0 Å². The van der Waals surface area contributed by atoms with Gasteiger partial charge in [-0.15, -0.1) is 0 Å². The Morgan fingerprint density at radius 3 is 2.38 bits per heavy atom. The van der Waals surface area contributed by atoms with Crippen LogP contribution in [0, 0.1) is 5.82 Å². The predicted octanol–water partition coefficient (Wildman–Crippen LogP) is 5.07. The first-order valence-corrected chi connectivity index (χ1v) is 9.33. The first kappa shape index (κ1) is 20.7. The monoisotopic (exact) mass is 474 g/mol. The highest BCUT2D eigenvalue weighted by atomic mass is 79.9. The summed E-state index contributed by atoms with van der Waals surface area (Å²) in [6.07, 6.45) is -0.370. The number of halogens is 6. The Bertz CT molecular complexity index is 941. The summed E-state index contributed by atoms with van der Waals surface area (Å²) in [4.78, 5) is 9.73. The van der Waals surface area contributed by atoms with Crippen LogP contribution < -0.4 is 4.74 Å². The minimum atomic E-state index is -5.68. The van der Waals surface area contributed by atoms with Crippen molar-refractivity contribution in [3.63, 3.8) is 0 Å². The lowest BCUT2D eigenvalue weighted by Crippen LogP contribution is -2.24. The number of aldehydes is 1. The molecule has 26 heavy (non-hydrogen) atoms. The van der Waals surface area contributed by atoms with Crippen LogP contribution in [0.25, 0.3) is 0 Å². The molecule has 0 aromatic heterocycles. The topological polar surface area (TPSA) is 60.4 Å². The van der Waals surface area contributed by atoms with Gasteiger partial charge in [0.05, 0.1) is 9.37 Å². The summed E-state index contributed by atoms with van der Waals surface area (Å²) in [6.45, 7) is 0. The van der Waals surface area contributed by atoms with E-state index in [-0.39, 0.29) is 27.3 Å². The molecule has 0 aliphatic rings. The highest BCUT2D eigenvalue weighted by molar-refractivity contribution is 9.10. The minimum Gasteiger partial charge on any atom is -0.456 e. The van der Waals surface area contributed by atoms with Gasteiger partial charge in [-0.1, -0.05) is 11.6 Å². The molecule has 0 aliphatic heterocycles. The molecule has 0 fully saturated rings. The number of carbonyl (C=O) groups excluding carboxylic acids is 1. The number of ether oxygens (including phenoxy) is 1. The average molecular weight is 476 g/mol. The molecule has 2 aromatic carbocycles. The van der Waals surface area contributed by atoms with Crippen molar-refractivity contribution in [2.75, 3.05) is 0 Å². The van der Waals surface area contributed by atoms with Gasteiger partial charge in [0.1, 0.15) is 23.6 Å². The smallest absolute Gasteiger partial charge is 0.456 e. The highest BCUT2D eigenvalue weighted by Gasteiger charge is 2.48. The molecule has 4 nitrogen and oxygen atoms in total. The van der Waals surface area contributed by atoms with E-state index >= 15 is 0 Å². The summed E-state index contributed by atoms with van der Waals surface area (Å²) in [5.41, 5.74) is -5.97. The number of sulfone groups is 1. The molecule has 0 aliphatic carbocycles. The molecule has 2 aromatic rings. The normalized spacial score (nSPS) is 12.1. The molecule has 11 heteroatoms. The molecule has 0 spiro atoms. The fraction of sp³-hybridized carbons (Fsp3) is 0.133. The van der Waals surface area contributed by atoms with E-state index in [0.717, 1.165) is 18.2 Å². The van der Waals surface area contributed by atoms with Gasteiger partial charge in [-0.05, 0) is 45.8 Å². The van der Waals surface area contributed by atoms with Gasteiger partial charge < -0.3 is 9.53 Å². The Morgan fingerprint density at radius 2 is 1.85 bits per heavy atom. The quantitative estimate of drug-likeness (QED) is 0.448. The second-order valence-electron chi connectivity index (χ2n) is 4.88. The van der Waals surface area contributed by atoms with Crippen LogP contribution in [-0.4, -0.2) is 20.2 Å². The molecular weight excluding hydrogens is 468 g/mol. The van der Waals surface area contributed by atoms with Crippen LogP contribution in [0.2, 0.25) is 5.02 Å². The number of hydrogen-bond acceptors (Lipinski definition) is 4. The van der Waals surface area contributed by atoms with Gasteiger partial charge in [-0.25, -0.2) is 12.8 Å². The lowest BCUT2D eigenvalue weighted by atomic mass is 10.1. The van der Waals surface area contributed by atoms with Crippen molar-refractivity contribution in [2.24, 2.45) is 0 Å². The van der Waals surface area contributed by atoms with Gasteiger partial charge in [0.25, 0.3) is 9.84 Å². The van der Waals surface area contributed by atoms with Crippen LogP contribution >= 0.6 is 27.5 Å².